The number of fused-ring (bicyclic) bond motifs is 1. The third-order valence-corrected chi connectivity index (χ3v) is 2.94. The maximum absolute atomic E-state index is 10.9. The molecule has 0 spiro atoms. The summed E-state index contributed by atoms with van der Waals surface area (Å²) >= 11 is 0. The van der Waals surface area contributed by atoms with Gasteiger partial charge in [-0.15, -0.1) is 0 Å². The van der Waals surface area contributed by atoms with Crippen molar-refractivity contribution < 1.29 is 20.1 Å². The van der Waals surface area contributed by atoms with Gasteiger partial charge in [0.2, 0.25) is 0 Å². The zero-order valence-corrected chi connectivity index (χ0v) is 10.3. The van der Waals surface area contributed by atoms with Gasteiger partial charge in [-0.3, -0.25) is 4.79 Å². The van der Waals surface area contributed by atoms with Gasteiger partial charge in [0.25, 0.3) is 0 Å². The maximum atomic E-state index is 10.9. The Kier molecular flexibility index (Phi) is 4.28. The lowest BCUT2D eigenvalue weighted by molar-refractivity contribution is -0.138. The summed E-state index contributed by atoms with van der Waals surface area (Å²) < 4.78 is 5.14. The molecule has 3 N–H and O–H groups in total. The van der Waals surface area contributed by atoms with E-state index in [-0.39, 0.29) is 5.48 Å². The van der Waals surface area contributed by atoms with Gasteiger partial charge in [0.05, 0.1) is 13.0 Å². The van der Waals surface area contributed by atoms with Gasteiger partial charge in [0.1, 0.15) is 5.75 Å². The molecule has 0 saturated heterocycles. The van der Waals surface area contributed by atoms with Crippen molar-refractivity contribution in [3.05, 3.63) is 42.0 Å². The first kappa shape index (κ1) is 14.0. The number of aliphatic carboxylic acids is 1. The highest BCUT2D eigenvalue weighted by Crippen LogP contribution is 2.25. The van der Waals surface area contributed by atoms with E-state index in [1.54, 1.807) is 14.0 Å². The Morgan fingerprint density at radius 2 is 1.78 bits per heavy atom. The van der Waals surface area contributed by atoms with Crippen LogP contribution in [-0.4, -0.2) is 23.7 Å². The largest absolute Gasteiger partial charge is 0.497 e. The molecular weight excluding hydrogens is 232 g/mol. The fraction of sp³-hybridized carbons (Fsp3) is 0.214. The highest BCUT2D eigenvalue weighted by molar-refractivity contribution is 5.86. The van der Waals surface area contributed by atoms with E-state index in [9.17, 15) is 4.79 Å². The molecule has 18 heavy (non-hydrogen) atoms. The Morgan fingerprint density at radius 3 is 2.39 bits per heavy atom. The Balaban J connectivity index is 0.00000162. The monoisotopic (exact) mass is 248 g/mol. The lowest BCUT2D eigenvalue weighted by Gasteiger charge is -2.08. The van der Waals surface area contributed by atoms with Crippen molar-refractivity contribution in [3.8, 4) is 5.75 Å². The second kappa shape index (κ2) is 5.51. The van der Waals surface area contributed by atoms with Gasteiger partial charge in [0, 0.05) is 0 Å². The Morgan fingerprint density at radius 1 is 1.17 bits per heavy atom. The van der Waals surface area contributed by atoms with Crippen LogP contribution in [0.15, 0.2) is 36.4 Å². The standard InChI is InChI=1S/C14H14O3.H2O/c1-9(14(15)16)10-3-4-12-8-13(17-2)6-5-11(12)7-10;/h3-9H,1-2H3,(H,15,16);1H2. The molecule has 0 amide bonds. The predicted octanol–water partition coefficient (Wildman–Crippen LogP) is 2.21. The first-order valence-corrected chi connectivity index (χ1v) is 5.42. The third kappa shape index (κ3) is 2.60. The second-order valence-electron chi connectivity index (χ2n) is 4.03. The Bertz CT molecular complexity index is 563. The summed E-state index contributed by atoms with van der Waals surface area (Å²) in [7, 11) is 1.63. The molecule has 4 heteroatoms. The van der Waals surface area contributed by atoms with Crippen LogP contribution in [0.2, 0.25) is 0 Å². The number of carboxylic acid groups (broad SMARTS) is 1. The van der Waals surface area contributed by atoms with E-state index >= 15 is 0 Å². The van der Waals surface area contributed by atoms with Gasteiger partial charge >= 0.3 is 5.97 Å². The van der Waals surface area contributed by atoms with E-state index in [4.69, 9.17) is 9.84 Å². The molecule has 2 aromatic carbocycles. The van der Waals surface area contributed by atoms with E-state index in [2.05, 4.69) is 0 Å². The van der Waals surface area contributed by atoms with Crippen LogP contribution < -0.4 is 4.74 Å². The minimum absolute atomic E-state index is 0. The van der Waals surface area contributed by atoms with Crippen molar-refractivity contribution in [3.63, 3.8) is 0 Å². The summed E-state index contributed by atoms with van der Waals surface area (Å²) in [6, 6.07) is 11.4. The number of carboxylic acids is 1. The highest BCUT2D eigenvalue weighted by Gasteiger charge is 2.13. The molecule has 0 aliphatic rings. The zero-order valence-electron chi connectivity index (χ0n) is 10.3. The van der Waals surface area contributed by atoms with Crippen molar-refractivity contribution in [2.45, 2.75) is 12.8 Å². The molecule has 0 aliphatic carbocycles. The minimum atomic E-state index is -0.808. The van der Waals surface area contributed by atoms with Crippen LogP contribution in [-0.2, 0) is 4.79 Å². The average molecular weight is 248 g/mol. The molecule has 1 atom stereocenters. The molecular formula is C14H16O4. The molecule has 0 fully saturated rings. The zero-order chi connectivity index (χ0) is 12.4. The summed E-state index contributed by atoms with van der Waals surface area (Å²) in [5, 5.41) is 11.0. The third-order valence-electron chi connectivity index (χ3n) is 2.94. The Labute approximate surface area is 105 Å². The van der Waals surface area contributed by atoms with Gasteiger partial charge in [-0.2, -0.15) is 0 Å². The molecule has 0 bridgehead atoms. The van der Waals surface area contributed by atoms with Gasteiger partial charge in [-0.1, -0.05) is 24.3 Å². The van der Waals surface area contributed by atoms with Crippen LogP contribution in [0.25, 0.3) is 10.8 Å². The van der Waals surface area contributed by atoms with E-state index in [0.717, 1.165) is 22.1 Å². The van der Waals surface area contributed by atoms with Crippen molar-refractivity contribution in [1.29, 1.82) is 0 Å². The first-order chi connectivity index (χ1) is 8.11. The van der Waals surface area contributed by atoms with Gasteiger partial charge in [0.15, 0.2) is 0 Å². The smallest absolute Gasteiger partial charge is 0.310 e. The second-order valence-corrected chi connectivity index (χ2v) is 4.03. The van der Waals surface area contributed by atoms with E-state index in [1.165, 1.54) is 0 Å². The van der Waals surface area contributed by atoms with Crippen LogP contribution in [0.4, 0.5) is 0 Å². The minimum Gasteiger partial charge on any atom is -0.497 e. The van der Waals surface area contributed by atoms with Gasteiger partial charge in [-0.25, -0.2) is 0 Å². The number of hydrogen-bond donors (Lipinski definition) is 1. The van der Waals surface area contributed by atoms with E-state index < -0.39 is 11.9 Å². The normalized spacial score (nSPS) is 11.7. The lowest BCUT2D eigenvalue weighted by atomic mass is 9.98. The van der Waals surface area contributed by atoms with Crippen LogP contribution in [0.5, 0.6) is 5.75 Å². The molecule has 0 aromatic heterocycles. The summed E-state index contributed by atoms with van der Waals surface area (Å²) in [4.78, 5) is 10.9. The Hall–Kier alpha value is -2.07. The molecule has 4 nitrogen and oxygen atoms in total. The first-order valence-electron chi connectivity index (χ1n) is 5.42. The number of hydrogen-bond acceptors (Lipinski definition) is 2. The molecule has 0 saturated carbocycles. The number of methoxy groups -OCH3 is 1. The fourth-order valence-electron chi connectivity index (χ4n) is 1.78. The fourth-order valence-corrected chi connectivity index (χ4v) is 1.78. The van der Waals surface area contributed by atoms with E-state index in [1.807, 2.05) is 36.4 Å². The van der Waals surface area contributed by atoms with Gasteiger partial charge < -0.3 is 15.3 Å². The summed E-state index contributed by atoms with van der Waals surface area (Å²) in [6.07, 6.45) is 0. The predicted molar refractivity (Wildman–Crippen MR) is 70.2 cm³/mol. The number of benzene rings is 2. The van der Waals surface area contributed by atoms with E-state index in [0.29, 0.717) is 0 Å². The molecule has 1 unspecified atom stereocenters. The summed E-state index contributed by atoms with van der Waals surface area (Å²) in [5.74, 6) is -0.490. The lowest BCUT2D eigenvalue weighted by Crippen LogP contribution is -2.06. The van der Waals surface area contributed by atoms with Crippen molar-refractivity contribution in [1.82, 2.24) is 0 Å². The van der Waals surface area contributed by atoms with Gasteiger partial charge in [-0.05, 0) is 35.4 Å². The van der Waals surface area contributed by atoms with Crippen molar-refractivity contribution >= 4 is 16.7 Å². The average Bonchev–Trinajstić information content (AvgIpc) is 2.36. The van der Waals surface area contributed by atoms with Crippen LogP contribution in [0.3, 0.4) is 0 Å². The SMILES string of the molecule is COc1ccc2cc(C(C)C(=O)O)ccc2c1.O. The molecule has 0 aliphatic heterocycles. The summed E-state index contributed by atoms with van der Waals surface area (Å²) in [5.41, 5.74) is 0.815. The van der Waals surface area contributed by atoms with Crippen LogP contribution in [0.1, 0.15) is 18.4 Å². The molecule has 2 aromatic rings. The highest BCUT2D eigenvalue weighted by atomic mass is 16.5. The van der Waals surface area contributed by atoms with Crippen molar-refractivity contribution in [2.75, 3.05) is 7.11 Å². The molecule has 96 valence electrons. The van der Waals surface area contributed by atoms with Crippen molar-refractivity contribution in [2.24, 2.45) is 0 Å². The summed E-state index contributed by atoms with van der Waals surface area (Å²) in [6.45, 7) is 1.69. The topological polar surface area (TPSA) is 78.0 Å². The van der Waals surface area contributed by atoms with Crippen LogP contribution >= 0.6 is 0 Å². The van der Waals surface area contributed by atoms with Crippen LogP contribution in [0, 0.1) is 0 Å². The quantitative estimate of drug-likeness (QED) is 0.904. The number of carbonyl (C=O) groups is 1. The molecule has 0 heterocycles. The molecule has 2 rings (SSSR count). The number of ether oxygens (including phenoxy) is 1. The molecule has 0 radical (unpaired) electrons. The maximum Gasteiger partial charge on any atom is 0.310 e. The number of rotatable bonds is 3.